The van der Waals surface area contributed by atoms with Gasteiger partial charge in [0, 0.05) is 46.9 Å². The van der Waals surface area contributed by atoms with Gasteiger partial charge in [-0.25, -0.2) is 18.1 Å². The molecular weight excluding hydrogens is 485 g/mol. The van der Waals surface area contributed by atoms with E-state index >= 15 is 0 Å². The highest BCUT2D eigenvalue weighted by molar-refractivity contribution is 14.0. The summed E-state index contributed by atoms with van der Waals surface area (Å²) in [4.78, 5) is 19.7. The van der Waals surface area contributed by atoms with E-state index in [9.17, 15) is 13.2 Å². The number of nitrogens with one attached hydrogen (secondary N) is 2. The van der Waals surface area contributed by atoms with Crippen molar-refractivity contribution >= 4 is 45.9 Å². The summed E-state index contributed by atoms with van der Waals surface area (Å²) in [5.74, 6) is 0.474. The number of guanidine groups is 1. The van der Waals surface area contributed by atoms with E-state index < -0.39 is 15.3 Å². The predicted octanol–water partition coefficient (Wildman–Crippen LogP) is -0.169. The number of ether oxygens (including phenoxy) is 1. The van der Waals surface area contributed by atoms with E-state index in [0.29, 0.717) is 38.6 Å². The SMILES string of the molecule is CCNS(=O)(=O)C1CCN(C(=NCC(=O)N(C)C)NCC2CCCO2)C1.I. The lowest BCUT2D eigenvalue weighted by molar-refractivity contribution is -0.127. The minimum Gasteiger partial charge on any atom is -0.376 e. The Morgan fingerprint density at radius 2 is 2.07 bits per heavy atom. The molecule has 0 aromatic rings. The lowest BCUT2D eigenvalue weighted by Crippen LogP contribution is -2.45. The maximum Gasteiger partial charge on any atom is 0.243 e. The van der Waals surface area contributed by atoms with Crippen molar-refractivity contribution in [3.8, 4) is 0 Å². The molecule has 1 amide bonds. The normalized spacial score (nSPS) is 23.2. The molecule has 2 aliphatic rings. The Morgan fingerprint density at radius 1 is 1.33 bits per heavy atom. The fourth-order valence-corrected chi connectivity index (χ4v) is 4.48. The van der Waals surface area contributed by atoms with Crippen LogP contribution >= 0.6 is 24.0 Å². The van der Waals surface area contributed by atoms with E-state index in [1.54, 1.807) is 21.0 Å². The number of carbonyl (C=O) groups is 1. The van der Waals surface area contributed by atoms with E-state index in [1.807, 2.05) is 4.90 Å². The van der Waals surface area contributed by atoms with E-state index in [2.05, 4.69) is 15.0 Å². The number of aliphatic imine (C=N–C) groups is 1. The first-order valence-corrected chi connectivity index (χ1v) is 10.7. The van der Waals surface area contributed by atoms with Gasteiger partial charge in [0.25, 0.3) is 0 Å². The molecule has 2 heterocycles. The summed E-state index contributed by atoms with van der Waals surface area (Å²) in [5.41, 5.74) is 0. The first-order valence-electron chi connectivity index (χ1n) is 9.17. The second kappa shape index (κ2) is 11.4. The number of likely N-dealkylation sites (tertiary alicyclic amines) is 1. The molecule has 0 bridgehead atoms. The lowest BCUT2D eigenvalue weighted by atomic mass is 10.2. The van der Waals surface area contributed by atoms with Gasteiger partial charge in [0.15, 0.2) is 5.96 Å². The summed E-state index contributed by atoms with van der Waals surface area (Å²) >= 11 is 0. The van der Waals surface area contributed by atoms with Gasteiger partial charge in [-0.2, -0.15) is 0 Å². The van der Waals surface area contributed by atoms with Crippen LogP contribution in [0.1, 0.15) is 26.2 Å². The molecule has 2 atom stereocenters. The minimum absolute atomic E-state index is 0. The Kier molecular flexibility index (Phi) is 10.3. The molecule has 0 radical (unpaired) electrons. The zero-order valence-electron chi connectivity index (χ0n) is 16.3. The standard InChI is InChI=1S/C16H31N5O4S.HI/c1-4-19-26(23,24)14-7-8-21(12-14)16(18-11-15(22)20(2)3)17-10-13-6-5-9-25-13;/h13-14,19H,4-12H2,1-3H3,(H,17,18);1H. The van der Waals surface area contributed by atoms with Crippen molar-refractivity contribution in [2.24, 2.45) is 4.99 Å². The molecule has 9 nitrogen and oxygen atoms in total. The Balaban J connectivity index is 0.00000364. The largest absolute Gasteiger partial charge is 0.376 e. The zero-order valence-corrected chi connectivity index (χ0v) is 19.5. The number of hydrogen-bond acceptors (Lipinski definition) is 5. The smallest absolute Gasteiger partial charge is 0.243 e. The molecule has 27 heavy (non-hydrogen) atoms. The van der Waals surface area contributed by atoms with Gasteiger partial charge < -0.3 is 19.9 Å². The second-order valence-electron chi connectivity index (χ2n) is 6.84. The number of halogens is 1. The highest BCUT2D eigenvalue weighted by atomic mass is 127. The lowest BCUT2D eigenvalue weighted by Gasteiger charge is -2.23. The van der Waals surface area contributed by atoms with Crippen LogP contribution in [0.3, 0.4) is 0 Å². The molecule has 0 aliphatic carbocycles. The number of likely N-dealkylation sites (N-methyl/N-ethyl adjacent to an activating group) is 1. The maximum atomic E-state index is 12.2. The Hall–Kier alpha value is -0.660. The summed E-state index contributed by atoms with van der Waals surface area (Å²) < 4.78 is 32.7. The van der Waals surface area contributed by atoms with E-state index in [0.717, 1.165) is 19.4 Å². The van der Waals surface area contributed by atoms with Crippen molar-refractivity contribution < 1.29 is 17.9 Å². The van der Waals surface area contributed by atoms with E-state index in [4.69, 9.17) is 4.74 Å². The van der Waals surface area contributed by atoms with Gasteiger partial charge in [0.2, 0.25) is 15.9 Å². The molecule has 158 valence electrons. The number of carbonyl (C=O) groups excluding carboxylic acids is 1. The first-order chi connectivity index (χ1) is 12.3. The van der Waals surface area contributed by atoms with Crippen LogP contribution in [0.4, 0.5) is 0 Å². The second-order valence-corrected chi connectivity index (χ2v) is 8.89. The van der Waals surface area contributed by atoms with Gasteiger partial charge in [0.1, 0.15) is 6.54 Å². The van der Waals surface area contributed by atoms with Crippen molar-refractivity contribution in [3.05, 3.63) is 0 Å². The molecule has 2 N–H and O–H groups in total. The third-order valence-electron chi connectivity index (χ3n) is 4.60. The summed E-state index contributed by atoms with van der Waals surface area (Å²) in [5, 5.41) is 2.80. The van der Waals surface area contributed by atoms with Crippen molar-refractivity contribution in [1.29, 1.82) is 0 Å². The predicted molar refractivity (Wildman–Crippen MR) is 116 cm³/mol. The van der Waals surface area contributed by atoms with Gasteiger partial charge >= 0.3 is 0 Å². The van der Waals surface area contributed by atoms with Crippen LogP contribution < -0.4 is 10.0 Å². The van der Waals surface area contributed by atoms with E-state index in [-0.39, 0.29) is 42.5 Å². The third-order valence-corrected chi connectivity index (χ3v) is 6.56. The first kappa shape index (κ1) is 24.4. The van der Waals surface area contributed by atoms with Gasteiger partial charge in [-0.1, -0.05) is 6.92 Å². The van der Waals surface area contributed by atoms with Gasteiger partial charge in [-0.3, -0.25) is 4.79 Å². The number of amides is 1. The molecule has 2 saturated heterocycles. The van der Waals surface area contributed by atoms with Crippen molar-refractivity contribution in [3.63, 3.8) is 0 Å². The molecule has 0 saturated carbocycles. The van der Waals surface area contributed by atoms with Gasteiger partial charge in [-0.05, 0) is 19.3 Å². The molecule has 0 aromatic heterocycles. The topological polar surface area (TPSA) is 103 Å². The maximum absolute atomic E-state index is 12.2. The van der Waals surface area contributed by atoms with Crippen LogP contribution in [0.15, 0.2) is 4.99 Å². The molecular formula is C16H32IN5O4S. The quantitative estimate of drug-likeness (QED) is 0.276. The highest BCUT2D eigenvalue weighted by Gasteiger charge is 2.34. The fraction of sp³-hybridized carbons (Fsp3) is 0.875. The molecule has 0 spiro atoms. The summed E-state index contributed by atoms with van der Waals surface area (Å²) in [6.07, 6.45) is 2.71. The zero-order chi connectivity index (χ0) is 19.2. The van der Waals surface area contributed by atoms with Crippen LogP contribution in [0, 0.1) is 0 Å². The molecule has 2 rings (SSSR count). The third kappa shape index (κ3) is 7.35. The van der Waals surface area contributed by atoms with Crippen molar-refractivity contribution in [2.75, 3.05) is 53.4 Å². The van der Waals surface area contributed by atoms with Crippen molar-refractivity contribution in [1.82, 2.24) is 19.8 Å². The summed E-state index contributed by atoms with van der Waals surface area (Å²) in [6, 6.07) is 0. The molecule has 2 unspecified atom stereocenters. The van der Waals surface area contributed by atoms with Crippen LogP contribution in [-0.4, -0.2) is 94.9 Å². The monoisotopic (exact) mass is 517 g/mol. The Labute approximate surface area is 179 Å². The average molecular weight is 517 g/mol. The Bertz CT molecular complexity index is 608. The fourth-order valence-electron chi connectivity index (χ4n) is 3.05. The van der Waals surface area contributed by atoms with Gasteiger partial charge in [0.05, 0.1) is 11.4 Å². The van der Waals surface area contributed by atoms with Crippen LogP contribution in [0.25, 0.3) is 0 Å². The minimum atomic E-state index is -3.33. The van der Waals surface area contributed by atoms with Crippen molar-refractivity contribution in [2.45, 2.75) is 37.5 Å². The molecule has 2 aliphatic heterocycles. The number of sulfonamides is 1. The van der Waals surface area contributed by atoms with Crippen LogP contribution in [-0.2, 0) is 19.6 Å². The number of nitrogens with zero attached hydrogens (tertiary/aromatic N) is 3. The summed E-state index contributed by atoms with van der Waals surface area (Å²) in [7, 11) is 0.0473. The van der Waals surface area contributed by atoms with Crippen LogP contribution in [0.2, 0.25) is 0 Å². The summed E-state index contributed by atoms with van der Waals surface area (Å²) in [6.45, 7) is 4.51. The molecule has 2 fully saturated rings. The number of hydrogen-bond donors (Lipinski definition) is 2. The van der Waals surface area contributed by atoms with E-state index in [1.165, 1.54) is 4.90 Å². The molecule has 0 aromatic carbocycles. The molecule has 11 heteroatoms. The van der Waals surface area contributed by atoms with Gasteiger partial charge in [-0.15, -0.1) is 24.0 Å². The number of rotatable bonds is 7. The van der Waals surface area contributed by atoms with Crippen LogP contribution in [0.5, 0.6) is 0 Å². The highest BCUT2D eigenvalue weighted by Crippen LogP contribution is 2.17. The Morgan fingerprint density at radius 3 is 2.67 bits per heavy atom. The average Bonchev–Trinajstić information content (AvgIpc) is 3.26.